The first-order chi connectivity index (χ1) is 14.5. The van der Waals surface area contributed by atoms with Crippen LogP contribution in [0.2, 0.25) is 0 Å². The Kier molecular flexibility index (Phi) is 5.33. The van der Waals surface area contributed by atoms with Crippen molar-refractivity contribution >= 4 is 0 Å². The zero-order chi connectivity index (χ0) is 22.3. The molecule has 5 aliphatic rings. The van der Waals surface area contributed by atoms with Crippen LogP contribution in [0.25, 0.3) is 0 Å². The minimum Gasteiger partial charge on any atom is -0.393 e. The summed E-state index contributed by atoms with van der Waals surface area (Å²) < 4.78 is 0. The van der Waals surface area contributed by atoms with Gasteiger partial charge in [0.2, 0.25) is 0 Å². The number of aliphatic hydroxyl groups is 1. The Morgan fingerprint density at radius 2 is 1.65 bits per heavy atom. The van der Waals surface area contributed by atoms with E-state index in [1.54, 1.807) is 5.57 Å². The second kappa shape index (κ2) is 7.35. The van der Waals surface area contributed by atoms with Crippen molar-refractivity contribution in [1.29, 1.82) is 0 Å². The number of aliphatic hydroxyl groups excluding tert-OH is 1. The van der Waals surface area contributed by atoms with Gasteiger partial charge in [0, 0.05) is 0 Å². The number of allylic oxidation sites excluding steroid dienone is 1. The summed E-state index contributed by atoms with van der Waals surface area (Å²) in [7, 11) is 0. The van der Waals surface area contributed by atoms with E-state index in [0.29, 0.717) is 16.2 Å². The highest BCUT2D eigenvalue weighted by Gasteiger charge is 2.63. The van der Waals surface area contributed by atoms with Gasteiger partial charge in [0.25, 0.3) is 0 Å². The van der Waals surface area contributed by atoms with Gasteiger partial charge >= 0.3 is 0 Å². The van der Waals surface area contributed by atoms with Gasteiger partial charge in [-0.05, 0) is 121 Å². The topological polar surface area (TPSA) is 20.2 Å². The minimum absolute atomic E-state index is 0.0810. The van der Waals surface area contributed by atoms with Crippen LogP contribution in [-0.2, 0) is 0 Å². The molecule has 0 aliphatic heterocycles. The van der Waals surface area contributed by atoms with Crippen LogP contribution in [0.5, 0.6) is 0 Å². The zero-order valence-electron chi connectivity index (χ0n) is 21.6. The van der Waals surface area contributed by atoms with Crippen molar-refractivity contribution in [3.05, 3.63) is 11.6 Å². The molecule has 0 aromatic heterocycles. The molecule has 0 aromatic carbocycles. The molecule has 1 heteroatoms. The van der Waals surface area contributed by atoms with E-state index in [-0.39, 0.29) is 6.10 Å². The van der Waals surface area contributed by atoms with Crippen LogP contribution < -0.4 is 0 Å². The molecule has 0 radical (unpaired) electrons. The molecular weight excluding hydrogens is 376 g/mol. The summed E-state index contributed by atoms with van der Waals surface area (Å²) in [5.41, 5.74) is 3.17. The molecule has 0 saturated heterocycles. The van der Waals surface area contributed by atoms with Crippen molar-refractivity contribution in [2.24, 2.45) is 63.6 Å². The molecular formula is C30H50O. The van der Waals surface area contributed by atoms with Crippen molar-refractivity contribution in [3.8, 4) is 0 Å². The molecule has 0 spiro atoms. The fourth-order valence-corrected chi connectivity index (χ4v) is 10.3. The Balaban J connectivity index is 1.35. The maximum absolute atomic E-state index is 10.3. The zero-order valence-corrected chi connectivity index (χ0v) is 21.6. The Bertz CT molecular complexity index is 737. The monoisotopic (exact) mass is 426 g/mol. The average Bonchev–Trinajstić information content (AvgIpc) is 3.29. The van der Waals surface area contributed by atoms with Crippen LogP contribution in [-0.4, -0.2) is 11.2 Å². The average molecular weight is 427 g/mol. The summed E-state index contributed by atoms with van der Waals surface area (Å²) in [5.74, 6) is 7.17. The van der Waals surface area contributed by atoms with Crippen molar-refractivity contribution in [1.82, 2.24) is 0 Å². The van der Waals surface area contributed by atoms with E-state index in [0.717, 1.165) is 60.2 Å². The molecule has 1 N–H and O–H groups in total. The maximum Gasteiger partial charge on any atom is 0.0577 e. The van der Waals surface area contributed by atoms with Gasteiger partial charge < -0.3 is 5.11 Å². The molecule has 4 fully saturated rings. The lowest BCUT2D eigenvalue weighted by molar-refractivity contribution is -0.0592. The molecule has 0 heterocycles. The van der Waals surface area contributed by atoms with Gasteiger partial charge in [0.1, 0.15) is 0 Å². The van der Waals surface area contributed by atoms with Gasteiger partial charge in [-0.1, -0.05) is 60.1 Å². The summed E-state index contributed by atoms with van der Waals surface area (Å²) in [6.07, 6.45) is 14.4. The van der Waals surface area contributed by atoms with E-state index in [4.69, 9.17) is 0 Å². The number of hydrogen-bond acceptors (Lipinski definition) is 1. The fraction of sp³-hybridized carbons (Fsp3) is 0.933. The third-order valence-electron chi connectivity index (χ3n) is 12.8. The molecule has 176 valence electrons. The highest BCUT2D eigenvalue weighted by atomic mass is 16.3. The Morgan fingerprint density at radius 3 is 2.35 bits per heavy atom. The Morgan fingerprint density at radius 1 is 0.903 bits per heavy atom. The van der Waals surface area contributed by atoms with Gasteiger partial charge in [-0.2, -0.15) is 0 Å². The first kappa shape index (κ1) is 22.5. The van der Waals surface area contributed by atoms with Gasteiger partial charge in [0.15, 0.2) is 0 Å². The van der Waals surface area contributed by atoms with Crippen LogP contribution >= 0.6 is 0 Å². The van der Waals surface area contributed by atoms with Crippen LogP contribution in [0.3, 0.4) is 0 Å². The summed E-state index contributed by atoms with van der Waals surface area (Å²) in [6.45, 7) is 17.9. The Hall–Kier alpha value is -0.300. The quantitative estimate of drug-likeness (QED) is 0.453. The standard InChI is InChI=1S/C30H50O/c1-18(2)20(4)30(7)17-27(30)19(3)24-10-11-25-23-9-8-21-16-22(31)12-14-28(21,5)26(23)13-15-29(24,25)6/h8,18-20,22-27,31H,9-17H2,1-7H3/t19-,20+,22-,23-,24+,25-,26-,27+,28-,29+,30-/m0/s1. The van der Waals surface area contributed by atoms with Gasteiger partial charge in [0.05, 0.1) is 6.10 Å². The molecule has 1 nitrogen and oxygen atoms in total. The molecule has 5 rings (SSSR count). The molecule has 0 amide bonds. The number of rotatable bonds is 4. The predicted molar refractivity (Wildman–Crippen MR) is 131 cm³/mol. The van der Waals surface area contributed by atoms with E-state index in [1.807, 2.05) is 0 Å². The number of fused-ring (bicyclic) bond motifs is 5. The second-order valence-electron chi connectivity index (χ2n) is 14.1. The predicted octanol–water partition coefficient (Wildman–Crippen LogP) is 7.88. The smallest absolute Gasteiger partial charge is 0.0577 e. The lowest BCUT2D eigenvalue weighted by Gasteiger charge is -2.58. The van der Waals surface area contributed by atoms with Crippen molar-refractivity contribution in [2.75, 3.05) is 0 Å². The first-order valence-electron chi connectivity index (χ1n) is 13.9. The molecule has 5 aliphatic carbocycles. The molecule has 4 saturated carbocycles. The lowest BCUT2D eigenvalue weighted by Crippen LogP contribution is -2.51. The van der Waals surface area contributed by atoms with E-state index in [2.05, 4.69) is 54.5 Å². The molecule has 0 bridgehead atoms. The summed E-state index contributed by atoms with van der Waals surface area (Å²) in [4.78, 5) is 0. The number of hydrogen-bond donors (Lipinski definition) is 1. The van der Waals surface area contributed by atoms with Gasteiger partial charge in [-0.3, -0.25) is 0 Å². The third kappa shape index (κ3) is 3.18. The van der Waals surface area contributed by atoms with E-state index >= 15 is 0 Å². The van der Waals surface area contributed by atoms with Crippen LogP contribution in [0.4, 0.5) is 0 Å². The normalized spacial score (nSPS) is 53.3. The van der Waals surface area contributed by atoms with Gasteiger partial charge in [-0.15, -0.1) is 0 Å². The SMILES string of the molecule is CC(C)[C@@H](C)[C@]1(C)C[C@@H]1[C@@H](C)[C@H]1CC[C@H]2[C@@H]3CC=C4C[C@@H](O)CC[C@]4(C)[C@H]3CC[C@]12C. The van der Waals surface area contributed by atoms with E-state index in [9.17, 15) is 5.11 Å². The van der Waals surface area contributed by atoms with Gasteiger partial charge in [-0.25, -0.2) is 0 Å². The largest absolute Gasteiger partial charge is 0.393 e. The Labute approximate surface area is 192 Å². The van der Waals surface area contributed by atoms with Crippen molar-refractivity contribution < 1.29 is 5.11 Å². The molecule has 31 heavy (non-hydrogen) atoms. The second-order valence-corrected chi connectivity index (χ2v) is 14.1. The highest BCUT2D eigenvalue weighted by molar-refractivity contribution is 5.25. The molecule has 0 unspecified atom stereocenters. The fourth-order valence-electron chi connectivity index (χ4n) is 10.3. The maximum atomic E-state index is 10.3. The molecule has 11 atom stereocenters. The third-order valence-corrected chi connectivity index (χ3v) is 12.8. The van der Waals surface area contributed by atoms with Crippen LogP contribution in [0.1, 0.15) is 106 Å². The summed E-state index contributed by atoms with van der Waals surface area (Å²) in [5, 5.41) is 10.3. The first-order valence-corrected chi connectivity index (χ1v) is 13.9. The van der Waals surface area contributed by atoms with Crippen molar-refractivity contribution in [3.63, 3.8) is 0 Å². The minimum atomic E-state index is -0.0810. The van der Waals surface area contributed by atoms with Crippen LogP contribution in [0.15, 0.2) is 11.6 Å². The van der Waals surface area contributed by atoms with Crippen LogP contribution in [0, 0.1) is 63.6 Å². The van der Waals surface area contributed by atoms with E-state index < -0.39 is 0 Å². The summed E-state index contributed by atoms with van der Waals surface area (Å²) >= 11 is 0. The van der Waals surface area contributed by atoms with Crippen molar-refractivity contribution in [2.45, 2.75) is 112 Å². The molecule has 0 aromatic rings. The lowest BCUT2D eigenvalue weighted by atomic mass is 9.47. The summed E-state index contributed by atoms with van der Waals surface area (Å²) in [6, 6.07) is 0. The highest BCUT2D eigenvalue weighted by Crippen LogP contribution is 2.71. The van der Waals surface area contributed by atoms with E-state index in [1.165, 1.54) is 44.9 Å².